The summed E-state index contributed by atoms with van der Waals surface area (Å²) in [6.45, 7) is 8.91. The Labute approximate surface area is 161 Å². The summed E-state index contributed by atoms with van der Waals surface area (Å²) in [5.74, 6) is 0.460. The topological polar surface area (TPSA) is 8.81 Å². The second kappa shape index (κ2) is 6.70. The predicted molar refractivity (Wildman–Crippen MR) is 113 cm³/mol. The van der Waals surface area contributed by atoms with Gasteiger partial charge in [-0.15, -0.1) is 0 Å². The number of aromatic nitrogens is 2. The lowest BCUT2D eigenvalue weighted by atomic mass is 10.0. The minimum atomic E-state index is 0.460. The number of aryl methyl sites for hydroxylation is 3. The van der Waals surface area contributed by atoms with Crippen LogP contribution in [0.15, 0.2) is 66.9 Å². The molecule has 2 aromatic heterocycles. The fourth-order valence-corrected chi connectivity index (χ4v) is 4.13. The highest BCUT2D eigenvalue weighted by molar-refractivity contribution is 5.92. The van der Waals surface area contributed by atoms with E-state index in [0.29, 0.717) is 5.92 Å². The van der Waals surface area contributed by atoms with Gasteiger partial charge >= 0.3 is 0 Å². The molecular weight excluding hydrogens is 328 g/mol. The maximum Gasteiger partial charge on any atom is 0.229 e. The molecule has 0 N–H and O–H groups in total. The molecule has 0 fully saturated rings. The average molecular weight is 356 g/mol. The van der Waals surface area contributed by atoms with Crippen LogP contribution in [0.5, 0.6) is 0 Å². The Morgan fingerprint density at radius 2 is 1.56 bits per heavy atom. The number of hydrogen-bond donors (Lipinski definition) is 0. The molecule has 0 amide bonds. The average Bonchev–Trinajstić information content (AvgIpc) is 2.94. The predicted octanol–water partition coefficient (Wildman–Crippen LogP) is 5.86. The van der Waals surface area contributed by atoms with E-state index >= 15 is 0 Å². The Morgan fingerprint density at radius 1 is 0.852 bits per heavy atom. The van der Waals surface area contributed by atoms with E-state index in [0.717, 1.165) is 0 Å². The van der Waals surface area contributed by atoms with Crippen molar-refractivity contribution >= 4 is 10.9 Å². The summed E-state index contributed by atoms with van der Waals surface area (Å²) in [5.41, 5.74) is 8.99. The van der Waals surface area contributed by atoms with Crippen molar-refractivity contribution in [3.63, 3.8) is 0 Å². The molecule has 0 spiro atoms. The van der Waals surface area contributed by atoms with Crippen molar-refractivity contribution in [2.24, 2.45) is 7.05 Å². The Balaban J connectivity index is 2.15. The zero-order valence-electron chi connectivity index (χ0n) is 16.8. The molecule has 0 unspecified atom stereocenters. The number of nitrogens with zero attached hydrogens (tertiary/aromatic N) is 2. The van der Waals surface area contributed by atoms with Crippen LogP contribution < -0.4 is 4.57 Å². The quantitative estimate of drug-likeness (QED) is 0.407. The van der Waals surface area contributed by atoms with Gasteiger partial charge < -0.3 is 4.57 Å². The number of hydrogen-bond acceptors (Lipinski definition) is 0. The summed E-state index contributed by atoms with van der Waals surface area (Å²) in [5, 5.41) is 1.31. The molecule has 2 heterocycles. The number of para-hydroxylation sites is 2. The van der Waals surface area contributed by atoms with Crippen molar-refractivity contribution in [2.45, 2.75) is 33.6 Å². The van der Waals surface area contributed by atoms with Gasteiger partial charge in [-0.25, -0.2) is 0 Å². The first kappa shape index (κ1) is 17.5. The second-order valence-corrected chi connectivity index (χ2v) is 7.74. The van der Waals surface area contributed by atoms with Crippen molar-refractivity contribution < 1.29 is 4.57 Å². The molecule has 0 aliphatic carbocycles. The smallest absolute Gasteiger partial charge is 0.229 e. The fourth-order valence-electron chi connectivity index (χ4n) is 4.13. The van der Waals surface area contributed by atoms with Crippen LogP contribution in [0, 0.1) is 13.8 Å². The first-order chi connectivity index (χ1) is 13.0. The maximum atomic E-state index is 2.45. The van der Waals surface area contributed by atoms with Crippen LogP contribution in [0.3, 0.4) is 0 Å². The first-order valence-electron chi connectivity index (χ1n) is 9.65. The van der Waals surface area contributed by atoms with Gasteiger partial charge in [0, 0.05) is 22.7 Å². The van der Waals surface area contributed by atoms with Crippen molar-refractivity contribution in [3.8, 4) is 17.1 Å². The van der Waals surface area contributed by atoms with Crippen LogP contribution >= 0.6 is 0 Å². The molecule has 27 heavy (non-hydrogen) atoms. The van der Waals surface area contributed by atoms with Crippen molar-refractivity contribution in [2.75, 3.05) is 0 Å². The van der Waals surface area contributed by atoms with E-state index in [1.165, 1.54) is 44.7 Å². The Hall–Kier alpha value is -2.87. The van der Waals surface area contributed by atoms with Gasteiger partial charge in [-0.3, -0.25) is 0 Å². The van der Waals surface area contributed by atoms with Crippen molar-refractivity contribution in [3.05, 3.63) is 83.6 Å². The molecule has 136 valence electrons. The summed E-state index contributed by atoms with van der Waals surface area (Å²) in [4.78, 5) is 0. The Kier molecular flexibility index (Phi) is 4.35. The SMILES string of the molecule is Cc1ccc(-c2c(C)c3ccccc3n2-c2ccccc2C(C)C)[n+](C)c1. The first-order valence-corrected chi connectivity index (χ1v) is 9.65. The third kappa shape index (κ3) is 2.86. The summed E-state index contributed by atoms with van der Waals surface area (Å²) < 4.78 is 4.69. The number of fused-ring (bicyclic) bond motifs is 1. The number of pyridine rings is 1. The van der Waals surface area contributed by atoms with E-state index < -0.39 is 0 Å². The number of rotatable bonds is 3. The van der Waals surface area contributed by atoms with Crippen LogP contribution in [-0.2, 0) is 7.05 Å². The van der Waals surface area contributed by atoms with Crippen LogP contribution in [0.2, 0.25) is 0 Å². The lowest BCUT2D eigenvalue weighted by molar-refractivity contribution is -0.660. The second-order valence-electron chi connectivity index (χ2n) is 7.74. The molecule has 4 aromatic rings. The lowest BCUT2D eigenvalue weighted by Crippen LogP contribution is -2.31. The zero-order valence-corrected chi connectivity index (χ0v) is 16.8. The highest BCUT2D eigenvalue weighted by atomic mass is 15.0. The van der Waals surface area contributed by atoms with Crippen molar-refractivity contribution in [1.29, 1.82) is 0 Å². The van der Waals surface area contributed by atoms with Gasteiger partial charge in [0.25, 0.3) is 0 Å². The van der Waals surface area contributed by atoms with E-state index in [1.54, 1.807) is 0 Å². The van der Waals surface area contributed by atoms with Crippen LogP contribution in [0.4, 0.5) is 0 Å². The molecule has 0 saturated heterocycles. The standard InChI is InChI=1S/C25H27N2/c1-17(2)20-10-6-8-12-22(20)27-23-13-9-7-11-21(23)19(4)25(27)24-15-14-18(3)16-26(24)5/h6-17H,1-5H3/q+1. The molecule has 0 aliphatic heterocycles. The maximum absolute atomic E-state index is 2.45. The fraction of sp³-hybridized carbons (Fsp3) is 0.240. The van der Waals surface area contributed by atoms with Gasteiger partial charge in [0.1, 0.15) is 12.7 Å². The van der Waals surface area contributed by atoms with Gasteiger partial charge in [-0.05, 0) is 49.1 Å². The summed E-state index contributed by atoms with van der Waals surface area (Å²) in [7, 11) is 2.14. The van der Waals surface area contributed by atoms with Gasteiger partial charge in [0.2, 0.25) is 5.69 Å². The number of benzene rings is 2. The normalized spacial score (nSPS) is 11.5. The van der Waals surface area contributed by atoms with Crippen LogP contribution in [-0.4, -0.2) is 4.57 Å². The third-order valence-electron chi connectivity index (χ3n) is 5.45. The Bertz CT molecular complexity index is 1130. The third-order valence-corrected chi connectivity index (χ3v) is 5.45. The molecule has 0 bridgehead atoms. The highest BCUT2D eigenvalue weighted by Crippen LogP contribution is 2.36. The van der Waals surface area contributed by atoms with E-state index in [2.05, 4.69) is 111 Å². The summed E-state index contributed by atoms with van der Waals surface area (Å²) in [6.07, 6.45) is 2.20. The minimum Gasteiger partial charge on any atom is -0.304 e. The molecule has 2 nitrogen and oxygen atoms in total. The van der Waals surface area contributed by atoms with Crippen molar-refractivity contribution in [1.82, 2.24) is 4.57 Å². The molecule has 2 heteroatoms. The molecule has 0 saturated carbocycles. The molecule has 0 radical (unpaired) electrons. The summed E-state index contributed by atoms with van der Waals surface area (Å²) >= 11 is 0. The van der Waals surface area contributed by atoms with E-state index in [-0.39, 0.29) is 0 Å². The zero-order chi connectivity index (χ0) is 19.1. The van der Waals surface area contributed by atoms with Gasteiger partial charge in [0.05, 0.1) is 5.52 Å². The van der Waals surface area contributed by atoms with Gasteiger partial charge in [0.15, 0.2) is 6.20 Å². The molecule has 0 atom stereocenters. The van der Waals surface area contributed by atoms with Gasteiger partial charge in [-0.1, -0.05) is 50.2 Å². The van der Waals surface area contributed by atoms with Crippen LogP contribution in [0.1, 0.15) is 36.5 Å². The molecule has 2 aromatic carbocycles. The van der Waals surface area contributed by atoms with E-state index in [1.807, 2.05) is 0 Å². The van der Waals surface area contributed by atoms with Gasteiger partial charge in [-0.2, -0.15) is 4.57 Å². The Morgan fingerprint density at radius 3 is 2.30 bits per heavy atom. The molecule has 0 aliphatic rings. The monoisotopic (exact) mass is 355 g/mol. The van der Waals surface area contributed by atoms with E-state index in [4.69, 9.17) is 0 Å². The lowest BCUT2D eigenvalue weighted by Gasteiger charge is -2.17. The van der Waals surface area contributed by atoms with E-state index in [9.17, 15) is 0 Å². The summed E-state index contributed by atoms with van der Waals surface area (Å²) in [6, 6.07) is 22.0. The van der Waals surface area contributed by atoms with Crippen LogP contribution in [0.25, 0.3) is 28.0 Å². The molecule has 4 rings (SSSR count). The highest BCUT2D eigenvalue weighted by Gasteiger charge is 2.24. The minimum absolute atomic E-state index is 0.460. The largest absolute Gasteiger partial charge is 0.304 e. The molecular formula is C25H27N2+.